The van der Waals surface area contributed by atoms with Crippen LogP contribution in [0.5, 0.6) is 0 Å². The highest BCUT2D eigenvalue weighted by atomic mass is 32.2. The summed E-state index contributed by atoms with van der Waals surface area (Å²) in [6.07, 6.45) is -3.91. The topological polar surface area (TPSA) is 195 Å². The molecule has 2 aromatic carbocycles. The van der Waals surface area contributed by atoms with Gasteiger partial charge in [0.25, 0.3) is 0 Å². The lowest BCUT2D eigenvalue weighted by molar-refractivity contribution is -0.173. The molecule has 3 rings (SSSR count). The molecule has 13 heteroatoms. The second-order valence-corrected chi connectivity index (χ2v) is 10.7. The first kappa shape index (κ1) is 32.0. The van der Waals surface area contributed by atoms with Crippen LogP contribution in [0.3, 0.4) is 0 Å². The molecule has 1 saturated heterocycles. The molecule has 0 unspecified atom stereocenters. The third-order valence-electron chi connectivity index (χ3n) is 6.46. The van der Waals surface area contributed by atoms with Crippen molar-refractivity contribution in [3.63, 3.8) is 0 Å². The largest absolute Gasteiger partial charge is 0.480 e. The van der Waals surface area contributed by atoms with Gasteiger partial charge in [0.15, 0.2) is 0 Å². The normalized spacial score (nSPS) is 23.6. The van der Waals surface area contributed by atoms with Gasteiger partial charge in [0.1, 0.15) is 35.8 Å². The maximum absolute atomic E-state index is 13.3. The molecule has 1 aliphatic rings. The van der Waals surface area contributed by atoms with Gasteiger partial charge in [-0.15, -0.1) is 11.8 Å². The van der Waals surface area contributed by atoms with E-state index in [1.165, 1.54) is 6.92 Å². The quantitative estimate of drug-likeness (QED) is 0.156. The molecule has 3 amide bonds. The van der Waals surface area contributed by atoms with E-state index < -0.39 is 72.2 Å². The summed E-state index contributed by atoms with van der Waals surface area (Å²) in [4.78, 5) is 49.8. The van der Waals surface area contributed by atoms with Crippen LogP contribution in [0.25, 0.3) is 0 Å². The number of amides is 3. The Balaban J connectivity index is 1.70. The van der Waals surface area contributed by atoms with Gasteiger partial charge in [-0.05, 0) is 11.1 Å². The molecular formula is C28H35N3O9S. The van der Waals surface area contributed by atoms with Crippen molar-refractivity contribution in [2.24, 2.45) is 0 Å². The molecule has 1 heterocycles. The van der Waals surface area contributed by atoms with Gasteiger partial charge in [0, 0.05) is 19.8 Å². The minimum absolute atomic E-state index is 0.0491. The van der Waals surface area contributed by atoms with Crippen LogP contribution in [0.4, 0.5) is 0 Å². The zero-order chi connectivity index (χ0) is 29.9. The average Bonchev–Trinajstić information content (AvgIpc) is 2.95. The predicted octanol–water partition coefficient (Wildman–Crippen LogP) is -0.797. The number of aliphatic carboxylic acids is 1. The van der Waals surface area contributed by atoms with E-state index in [9.17, 15) is 39.6 Å². The van der Waals surface area contributed by atoms with E-state index in [0.717, 1.165) is 22.9 Å². The molecule has 7 atom stereocenters. The Morgan fingerprint density at radius 1 is 0.878 bits per heavy atom. The number of nitrogens with one attached hydrogen (secondary N) is 3. The molecular weight excluding hydrogens is 554 g/mol. The second-order valence-electron chi connectivity index (χ2n) is 9.64. The maximum Gasteiger partial charge on any atom is 0.326 e. The summed E-state index contributed by atoms with van der Waals surface area (Å²) in [6.45, 7) is 0.627. The fourth-order valence-electron chi connectivity index (χ4n) is 4.39. The SMILES string of the molecule is CC(=O)N[C@@H]1[C@@H](O)[C@H](O)[C@@H](CO)O[C@H]1SCC(=O)N[C@@H](Cc1ccccc1)C(=O)N[C@@H](Cc1ccccc1)C(=O)O. The molecule has 0 aliphatic carbocycles. The number of thioether (sulfide) groups is 1. The highest BCUT2D eigenvalue weighted by molar-refractivity contribution is 8.00. The highest BCUT2D eigenvalue weighted by Crippen LogP contribution is 2.28. The van der Waals surface area contributed by atoms with Gasteiger partial charge in [-0.2, -0.15) is 0 Å². The zero-order valence-corrected chi connectivity index (χ0v) is 23.2. The number of aliphatic hydroxyl groups excluding tert-OH is 3. The monoisotopic (exact) mass is 589 g/mol. The Morgan fingerprint density at radius 2 is 1.44 bits per heavy atom. The molecule has 0 spiro atoms. The van der Waals surface area contributed by atoms with E-state index in [2.05, 4.69) is 16.0 Å². The summed E-state index contributed by atoms with van der Waals surface area (Å²) in [6, 6.07) is 14.3. The van der Waals surface area contributed by atoms with Crippen molar-refractivity contribution in [3.8, 4) is 0 Å². The molecule has 12 nitrogen and oxygen atoms in total. The third-order valence-corrected chi connectivity index (χ3v) is 7.62. The maximum atomic E-state index is 13.3. The van der Waals surface area contributed by atoms with Crippen LogP contribution >= 0.6 is 11.8 Å². The van der Waals surface area contributed by atoms with Gasteiger partial charge in [0.05, 0.1) is 18.4 Å². The van der Waals surface area contributed by atoms with E-state index >= 15 is 0 Å². The number of benzene rings is 2. The van der Waals surface area contributed by atoms with Crippen molar-refractivity contribution in [2.45, 2.75) is 61.6 Å². The zero-order valence-electron chi connectivity index (χ0n) is 22.4. The first-order chi connectivity index (χ1) is 19.6. The minimum Gasteiger partial charge on any atom is -0.480 e. The summed E-state index contributed by atoms with van der Waals surface area (Å²) >= 11 is 0.904. The van der Waals surface area contributed by atoms with Crippen molar-refractivity contribution >= 4 is 35.5 Å². The Kier molecular flexibility index (Phi) is 12.1. The first-order valence-electron chi connectivity index (χ1n) is 13.0. The molecule has 0 radical (unpaired) electrons. The number of ether oxygens (including phenoxy) is 1. The summed E-state index contributed by atoms with van der Waals surface area (Å²) in [5, 5.41) is 47.6. The number of aliphatic hydroxyl groups is 3. The molecule has 41 heavy (non-hydrogen) atoms. The van der Waals surface area contributed by atoms with Crippen LogP contribution in [0.2, 0.25) is 0 Å². The highest BCUT2D eigenvalue weighted by Gasteiger charge is 2.45. The van der Waals surface area contributed by atoms with Gasteiger partial charge >= 0.3 is 5.97 Å². The summed E-state index contributed by atoms with van der Waals surface area (Å²) in [7, 11) is 0. The molecule has 0 aromatic heterocycles. The smallest absolute Gasteiger partial charge is 0.326 e. The fraction of sp³-hybridized carbons (Fsp3) is 0.429. The predicted molar refractivity (Wildman–Crippen MR) is 150 cm³/mol. The van der Waals surface area contributed by atoms with Crippen molar-refractivity contribution in [2.75, 3.05) is 12.4 Å². The molecule has 222 valence electrons. The van der Waals surface area contributed by atoms with Crippen molar-refractivity contribution in [1.82, 2.24) is 16.0 Å². The lowest BCUT2D eigenvalue weighted by atomic mass is 9.98. The third kappa shape index (κ3) is 9.54. The Labute approximate surface area is 241 Å². The van der Waals surface area contributed by atoms with Gasteiger partial charge in [-0.25, -0.2) is 4.79 Å². The minimum atomic E-state index is -1.46. The van der Waals surface area contributed by atoms with E-state index in [0.29, 0.717) is 0 Å². The van der Waals surface area contributed by atoms with Gasteiger partial charge < -0.3 is 41.1 Å². The van der Waals surface area contributed by atoms with Crippen LogP contribution in [-0.4, -0.2) is 98.4 Å². The van der Waals surface area contributed by atoms with Crippen LogP contribution in [-0.2, 0) is 36.8 Å². The van der Waals surface area contributed by atoms with Crippen LogP contribution < -0.4 is 16.0 Å². The van der Waals surface area contributed by atoms with E-state index in [1.807, 2.05) is 0 Å². The number of rotatable bonds is 13. The number of hydrogen-bond donors (Lipinski definition) is 7. The number of hydrogen-bond acceptors (Lipinski definition) is 9. The van der Waals surface area contributed by atoms with E-state index in [4.69, 9.17) is 4.74 Å². The summed E-state index contributed by atoms with van der Waals surface area (Å²) < 4.78 is 5.63. The van der Waals surface area contributed by atoms with Crippen LogP contribution in [0.1, 0.15) is 18.1 Å². The Morgan fingerprint density at radius 3 is 1.95 bits per heavy atom. The Hall–Kier alpha value is -3.49. The number of carbonyl (C=O) groups is 4. The standard InChI is InChI=1S/C28H35N3O9S/c1-16(33)29-23-25(36)24(35)21(14-32)40-28(23)41-15-22(34)30-19(12-17-8-4-2-5-9-17)26(37)31-20(27(38)39)13-18-10-6-3-7-11-18/h2-11,19-21,23-25,28,32,35-36H,12-15H2,1H3,(H,29,33)(H,30,34)(H,31,37)(H,38,39)/t19-,20-,21+,23+,24+,25+,28-/m0/s1. The molecule has 7 N–H and O–H groups in total. The number of carboxylic acids is 1. The lowest BCUT2D eigenvalue weighted by Gasteiger charge is -2.42. The molecule has 2 aromatic rings. The summed E-state index contributed by atoms with van der Waals surface area (Å²) in [5.41, 5.74) is 0.457. The average molecular weight is 590 g/mol. The van der Waals surface area contributed by atoms with Crippen molar-refractivity contribution in [1.29, 1.82) is 0 Å². The number of carboxylic acid groups (broad SMARTS) is 1. The van der Waals surface area contributed by atoms with Gasteiger partial charge in [-0.3, -0.25) is 14.4 Å². The van der Waals surface area contributed by atoms with Gasteiger partial charge in [-0.1, -0.05) is 60.7 Å². The second kappa shape index (κ2) is 15.5. The van der Waals surface area contributed by atoms with Crippen LogP contribution in [0, 0.1) is 0 Å². The van der Waals surface area contributed by atoms with Crippen molar-refractivity contribution < 1.29 is 44.3 Å². The molecule has 0 bridgehead atoms. The summed E-state index contributed by atoms with van der Waals surface area (Å²) in [5.74, 6) is -3.26. The van der Waals surface area contributed by atoms with E-state index in [1.54, 1.807) is 60.7 Å². The molecule has 1 aliphatic heterocycles. The van der Waals surface area contributed by atoms with Crippen molar-refractivity contribution in [3.05, 3.63) is 71.8 Å². The number of carbonyl (C=O) groups excluding carboxylic acids is 3. The van der Waals surface area contributed by atoms with Crippen LogP contribution in [0.15, 0.2) is 60.7 Å². The molecule has 1 fully saturated rings. The fourth-order valence-corrected chi connectivity index (χ4v) is 5.44. The lowest BCUT2D eigenvalue weighted by Crippen LogP contribution is -2.63. The van der Waals surface area contributed by atoms with E-state index in [-0.39, 0.29) is 18.6 Å². The van der Waals surface area contributed by atoms with Gasteiger partial charge in [0.2, 0.25) is 17.7 Å². The Bertz CT molecular complexity index is 1170. The molecule has 0 saturated carbocycles. The first-order valence-corrected chi connectivity index (χ1v) is 14.1.